The highest BCUT2D eigenvalue weighted by atomic mass is 32.1. The number of benzene rings is 2. The van der Waals surface area contributed by atoms with Gasteiger partial charge in [0, 0.05) is 35.4 Å². The van der Waals surface area contributed by atoms with Crippen molar-refractivity contribution in [3.05, 3.63) is 59.6 Å². The maximum atomic E-state index is 12.6. The zero-order valence-electron chi connectivity index (χ0n) is 17.3. The molecule has 0 bridgehead atoms. The largest absolute Gasteiger partial charge is 0.497 e. The molecule has 156 valence electrons. The molecular weight excluding hydrogens is 398 g/mol. The van der Waals surface area contributed by atoms with E-state index < -0.39 is 0 Å². The number of ether oxygens (including phenoxy) is 2. The minimum Gasteiger partial charge on any atom is -0.497 e. The number of thiazole rings is 1. The third-order valence-electron chi connectivity index (χ3n) is 4.98. The van der Waals surface area contributed by atoms with E-state index in [1.807, 2.05) is 48.5 Å². The van der Waals surface area contributed by atoms with Crippen LogP contribution in [0.3, 0.4) is 0 Å². The molecule has 1 amide bonds. The standard InChI is InChI=1S/C23H25N3O3S/c1-15-12-26(13-16(2)29-15)19-8-6-18(7-9-19)24-22(27)21-14-30-23(25-21)17-4-10-20(28-3)11-5-17/h4-11,14-16H,12-13H2,1-3H3,(H,24,27). The second-order valence-corrected chi connectivity index (χ2v) is 8.29. The smallest absolute Gasteiger partial charge is 0.275 e. The molecule has 6 nitrogen and oxygen atoms in total. The van der Waals surface area contributed by atoms with Crippen LogP contribution in [-0.2, 0) is 4.74 Å². The Labute approximate surface area is 180 Å². The molecule has 7 heteroatoms. The molecule has 0 aliphatic carbocycles. The molecular formula is C23H25N3O3S. The first-order valence-electron chi connectivity index (χ1n) is 9.93. The molecule has 2 atom stereocenters. The van der Waals surface area contributed by atoms with Gasteiger partial charge in [0.2, 0.25) is 0 Å². The number of nitrogens with one attached hydrogen (secondary N) is 1. The van der Waals surface area contributed by atoms with Crippen molar-refractivity contribution in [2.24, 2.45) is 0 Å². The van der Waals surface area contributed by atoms with Gasteiger partial charge in [0.05, 0.1) is 19.3 Å². The lowest BCUT2D eigenvalue weighted by Gasteiger charge is -2.36. The predicted octanol–water partition coefficient (Wildman–Crippen LogP) is 4.68. The quantitative estimate of drug-likeness (QED) is 0.645. The molecule has 1 fully saturated rings. The second kappa shape index (κ2) is 8.85. The summed E-state index contributed by atoms with van der Waals surface area (Å²) in [6, 6.07) is 15.6. The highest BCUT2D eigenvalue weighted by molar-refractivity contribution is 7.13. The number of nitrogens with zero attached hydrogens (tertiary/aromatic N) is 2. The van der Waals surface area contributed by atoms with E-state index in [1.54, 1.807) is 12.5 Å². The van der Waals surface area contributed by atoms with Crippen molar-refractivity contribution in [1.29, 1.82) is 0 Å². The first-order valence-corrected chi connectivity index (χ1v) is 10.8. The Hall–Kier alpha value is -2.90. The van der Waals surface area contributed by atoms with Crippen LogP contribution in [0.1, 0.15) is 24.3 Å². The van der Waals surface area contributed by atoms with E-state index in [9.17, 15) is 4.79 Å². The molecule has 1 aliphatic heterocycles. The van der Waals surface area contributed by atoms with Crippen molar-refractivity contribution in [2.45, 2.75) is 26.1 Å². The minimum absolute atomic E-state index is 0.206. The van der Waals surface area contributed by atoms with Crippen LogP contribution in [-0.4, -0.2) is 43.3 Å². The molecule has 0 saturated carbocycles. The van der Waals surface area contributed by atoms with Gasteiger partial charge < -0.3 is 19.7 Å². The van der Waals surface area contributed by atoms with E-state index in [-0.39, 0.29) is 18.1 Å². The zero-order valence-corrected chi connectivity index (χ0v) is 18.1. The van der Waals surface area contributed by atoms with Crippen LogP contribution in [0.4, 0.5) is 11.4 Å². The molecule has 1 aliphatic rings. The number of carbonyl (C=O) groups is 1. The van der Waals surface area contributed by atoms with Crippen molar-refractivity contribution in [1.82, 2.24) is 4.98 Å². The van der Waals surface area contributed by atoms with Gasteiger partial charge in [0.25, 0.3) is 5.91 Å². The van der Waals surface area contributed by atoms with Gasteiger partial charge in [-0.3, -0.25) is 4.79 Å². The fourth-order valence-corrected chi connectivity index (χ4v) is 4.39. The van der Waals surface area contributed by atoms with Gasteiger partial charge in [-0.05, 0) is 62.4 Å². The summed E-state index contributed by atoms with van der Waals surface area (Å²) in [6.45, 7) is 5.91. The predicted molar refractivity (Wildman–Crippen MR) is 121 cm³/mol. The molecule has 2 heterocycles. The van der Waals surface area contributed by atoms with Crippen molar-refractivity contribution < 1.29 is 14.3 Å². The van der Waals surface area contributed by atoms with E-state index >= 15 is 0 Å². The molecule has 1 aromatic heterocycles. The maximum absolute atomic E-state index is 12.6. The van der Waals surface area contributed by atoms with Crippen LogP contribution in [0.15, 0.2) is 53.9 Å². The summed E-state index contributed by atoms with van der Waals surface area (Å²) in [4.78, 5) is 19.4. The van der Waals surface area contributed by atoms with Gasteiger partial charge >= 0.3 is 0 Å². The summed E-state index contributed by atoms with van der Waals surface area (Å²) in [7, 11) is 1.63. The first kappa shape index (κ1) is 20.4. The van der Waals surface area contributed by atoms with Crippen molar-refractivity contribution >= 4 is 28.6 Å². The van der Waals surface area contributed by atoms with E-state index in [0.717, 1.165) is 40.8 Å². The normalized spacial score (nSPS) is 18.8. The lowest BCUT2D eigenvalue weighted by Crippen LogP contribution is -2.45. The number of methoxy groups -OCH3 is 1. The lowest BCUT2D eigenvalue weighted by atomic mass is 10.2. The van der Waals surface area contributed by atoms with Gasteiger partial charge in [0.1, 0.15) is 16.5 Å². The number of hydrogen-bond acceptors (Lipinski definition) is 6. The van der Waals surface area contributed by atoms with Crippen LogP contribution >= 0.6 is 11.3 Å². The monoisotopic (exact) mass is 423 g/mol. The van der Waals surface area contributed by atoms with Gasteiger partial charge in [-0.25, -0.2) is 4.98 Å². The zero-order chi connectivity index (χ0) is 21.1. The van der Waals surface area contributed by atoms with Crippen LogP contribution < -0.4 is 15.0 Å². The van der Waals surface area contributed by atoms with E-state index in [0.29, 0.717) is 5.69 Å². The molecule has 1 N–H and O–H groups in total. The fourth-order valence-electron chi connectivity index (χ4n) is 3.58. The number of aromatic nitrogens is 1. The molecule has 4 rings (SSSR count). The minimum atomic E-state index is -0.215. The van der Waals surface area contributed by atoms with Crippen LogP contribution in [0, 0.1) is 0 Å². The molecule has 30 heavy (non-hydrogen) atoms. The van der Waals surface area contributed by atoms with Gasteiger partial charge in [-0.15, -0.1) is 11.3 Å². The molecule has 1 saturated heterocycles. The van der Waals surface area contributed by atoms with Gasteiger partial charge in [-0.2, -0.15) is 0 Å². The molecule has 2 unspecified atom stereocenters. The number of carbonyl (C=O) groups excluding carboxylic acids is 1. The summed E-state index contributed by atoms with van der Waals surface area (Å²) in [6.07, 6.45) is 0.412. The second-order valence-electron chi connectivity index (χ2n) is 7.43. The lowest BCUT2D eigenvalue weighted by molar-refractivity contribution is -0.00521. The Morgan fingerprint density at radius 3 is 2.40 bits per heavy atom. The summed E-state index contributed by atoms with van der Waals surface area (Å²) < 4.78 is 11.0. The number of hydrogen-bond donors (Lipinski definition) is 1. The fraction of sp³-hybridized carbons (Fsp3) is 0.304. The topological polar surface area (TPSA) is 63.7 Å². The Kier molecular flexibility index (Phi) is 6.01. The van der Waals surface area contributed by atoms with Crippen LogP contribution in [0.2, 0.25) is 0 Å². The van der Waals surface area contributed by atoms with Crippen molar-refractivity contribution in [2.75, 3.05) is 30.4 Å². The van der Waals surface area contributed by atoms with Crippen LogP contribution in [0.5, 0.6) is 5.75 Å². The average Bonchev–Trinajstić information content (AvgIpc) is 3.24. The van der Waals surface area contributed by atoms with Crippen LogP contribution in [0.25, 0.3) is 10.6 Å². The highest BCUT2D eigenvalue weighted by Crippen LogP contribution is 2.27. The number of anilines is 2. The first-order chi connectivity index (χ1) is 14.5. The number of amides is 1. The Morgan fingerprint density at radius 1 is 1.10 bits per heavy atom. The average molecular weight is 424 g/mol. The van der Waals surface area contributed by atoms with E-state index in [1.165, 1.54) is 11.3 Å². The molecule has 0 spiro atoms. The summed E-state index contributed by atoms with van der Waals surface area (Å²) in [5.41, 5.74) is 3.24. The summed E-state index contributed by atoms with van der Waals surface area (Å²) in [5, 5.41) is 5.51. The summed E-state index contributed by atoms with van der Waals surface area (Å²) in [5.74, 6) is 0.574. The van der Waals surface area contributed by atoms with E-state index in [2.05, 4.69) is 29.0 Å². The summed E-state index contributed by atoms with van der Waals surface area (Å²) >= 11 is 1.45. The molecule has 3 aromatic rings. The van der Waals surface area contributed by atoms with Gasteiger partial charge in [-0.1, -0.05) is 0 Å². The third-order valence-corrected chi connectivity index (χ3v) is 5.88. The maximum Gasteiger partial charge on any atom is 0.275 e. The Bertz CT molecular complexity index is 991. The SMILES string of the molecule is COc1ccc(-c2nc(C(=O)Nc3ccc(N4CC(C)OC(C)C4)cc3)cs2)cc1. The third kappa shape index (κ3) is 4.63. The Balaban J connectivity index is 1.41. The molecule has 2 aromatic carbocycles. The number of morpholine rings is 1. The van der Waals surface area contributed by atoms with Gasteiger partial charge in [0.15, 0.2) is 0 Å². The molecule has 0 radical (unpaired) electrons. The van der Waals surface area contributed by atoms with Crippen molar-refractivity contribution in [3.8, 4) is 16.3 Å². The van der Waals surface area contributed by atoms with E-state index in [4.69, 9.17) is 9.47 Å². The highest BCUT2D eigenvalue weighted by Gasteiger charge is 2.22. The Morgan fingerprint density at radius 2 is 1.77 bits per heavy atom. The van der Waals surface area contributed by atoms with Crippen molar-refractivity contribution in [3.63, 3.8) is 0 Å². The number of rotatable bonds is 5.